The summed E-state index contributed by atoms with van der Waals surface area (Å²) >= 11 is 2.04. The van der Waals surface area contributed by atoms with Crippen molar-refractivity contribution in [2.75, 3.05) is 6.61 Å². The first-order valence-corrected chi connectivity index (χ1v) is 1.75. The molecule has 0 fully saturated rings. The van der Waals surface area contributed by atoms with E-state index in [-0.39, 0.29) is 37.2 Å². The van der Waals surface area contributed by atoms with E-state index in [4.69, 9.17) is 0 Å². The molecule has 0 unspecified atom stereocenters. The maximum absolute atomic E-state index is 4.48. The van der Waals surface area contributed by atoms with Gasteiger partial charge in [-0.25, -0.2) is 0 Å². The van der Waals surface area contributed by atoms with Crippen LogP contribution in [0.3, 0.4) is 0 Å². The molecular weight excluding hydrogens is 197 g/mol. The zero-order valence-corrected chi connectivity index (χ0v) is 7.63. The van der Waals surface area contributed by atoms with Gasteiger partial charge in [0.1, 0.15) is 0 Å². The third-order valence-electron chi connectivity index (χ3n) is 0.129. The molecule has 5 heteroatoms. The van der Waals surface area contributed by atoms with Gasteiger partial charge in [-0.1, -0.05) is 0 Å². The molecule has 48 valence electrons. The molecule has 0 aliphatic rings. The van der Waals surface area contributed by atoms with Crippen LogP contribution in [0.4, 0.5) is 0 Å². The van der Waals surface area contributed by atoms with Crippen molar-refractivity contribution in [1.82, 2.24) is 0 Å². The molecule has 0 aromatic rings. The van der Waals surface area contributed by atoms with E-state index in [0.717, 1.165) is 6.61 Å². The molecule has 0 radical (unpaired) electrons. The monoisotopic (exact) mass is 204 g/mol. The van der Waals surface area contributed by atoms with Gasteiger partial charge in [0.05, 0.1) is 0 Å². The predicted octanol–water partition coefficient (Wildman–Crippen LogP) is 1.75. The molecular formula is C2H8Cl3OV. The quantitative estimate of drug-likeness (QED) is 0.634. The molecule has 1 nitrogen and oxygen atoms in total. The predicted molar refractivity (Wildman–Crippen MR) is 33.4 cm³/mol. The summed E-state index contributed by atoms with van der Waals surface area (Å²) in [7, 11) is 0. The summed E-state index contributed by atoms with van der Waals surface area (Å²) in [6, 6.07) is 0. The second-order valence-corrected chi connectivity index (χ2v) is 0.821. The smallest absolute Gasteiger partial charge is 0.147 e. The van der Waals surface area contributed by atoms with Gasteiger partial charge in [0, 0.05) is 0 Å². The first kappa shape index (κ1) is 23.7. The van der Waals surface area contributed by atoms with Crippen molar-refractivity contribution < 1.29 is 21.4 Å². The molecule has 0 spiro atoms. The normalized spacial score (nSPS) is 4.14. The molecule has 0 amide bonds. The minimum absolute atomic E-state index is 0. The summed E-state index contributed by atoms with van der Waals surface area (Å²) in [6.45, 7) is 2.73. The van der Waals surface area contributed by atoms with Crippen LogP contribution in [-0.2, 0) is 21.4 Å². The first-order valence-electron chi connectivity index (χ1n) is 1.18. The van der Waals surface area contributed by atoms with E-state index in [1.165, 1.54) is 0 Å². The molecule has 0 bridgehead atoms. The minimum atomic E-state index is 0. The Morgan fingerprint density at radius 2 is 1.43 bits per heavy atom. The Hall–Kier alpha value is 1.41. The van der Waals surface area contributed by atoms with Gasteiger partial charge in [0.25, 0.3) is 0 Å². The van der Waals surface area contributed by atoms with E-state index in [9.17, 15) is 0 Å². The summed E-state index contributed by atoms with van der Waals surface area (Å²) in [4.78, 5) is 0. The van der Waals surface area contributed by atoms with Crippen molar-refractivity contribution in [3.05, 3.63) is 0 Å². The molecule has 0 heterocycles. The summed E-state index contributed by atoms with van der Waals surface area (Å²) in [6.07, 6.45) is 0. The molecule has 0 aromatic carbocycles. The molecule has 0 aromatic heterocycles. The third-order valence-corrected chi connectivity index (χ3v) is 0.532. The molecule has 0 saturated carbocycles. The van der Waals surface area contributed by atoms with Crippen molar-refractivity contribution in [3.8, 4) is 0 Å². The second kappa shape index (κ2) is 26.2. The van der Waals surface area contributed by atoms with E-state index in [0.29, 0.717) is 0 Å². The Morgan fingerprint density at radius 1 is 1.29 bits per heavy atom. The van der Waals surface area contributed by atoms with E-state index in [2.05, 4.69) is 3.66 Å². The van der Waals surface area contributed by atoms with Gasteiger partial charge in [-0.2, -0.15) is 0 Å². The average Bonchev–Trinajstić information content (AvgIpc) is 1.37. The van der Waals surface area contributed by atoms with E-state index in [1.807, 2.05) is 24.7 Å². The molecule has 0 rings (SSSR count). The Labute approximate surface area is 72.1 Å². The number of rotatable bonds is 1. The van der Waals surface area contributed by atoms with Gasteiger partial charge in [-0.15, -0.1) is 37.2 Å². The zero-order valence-electron chi connectivity index (χ0n) is 3.79. The molecule has 0 N–H and O–H groups in total. The Kier molecular flexibility index (Phi) is 88.7. The Morgan fingerprint density at radius 3 is 1.43 bits per heavy atom. The summed E-state index contributed by atoms with van der Waals surface area (Å²) < 4.78 is 4.48. The van der Waals surface area contributed by atoms with Crippen LogP contribution in [0.15, 0.2) is 0 Å². The topological polar surface area (TPSA) is 9.23 Å². The largest absolute Gasteiger partial charge is 0.147 e. The van der Waals surface area contributed by atoms with Crippen molar-refractivity contribution in [1.29, 1.82) is 0 Å². The molecule has 0 saturated heterocycles. The third kappa shape index (κ3) is 37.3. The molecule has 0 aliphatic carbocycles. The fraction of sp³-hybridized carbons (Fsp3) is 1.00. The van der Waals surface area contributed by atoms with Gasteiger partial charge < -0.3 is 0 Å². The van der Waals surface area contributed by atoms with Gasteiger partial charge in [-0.05, 0) is 0 Å². The zero-order chi connectivity index (χ0) is 3.41. The van der Waals surface area contributed by atoms with Gasteiger partial charge in [0.15, 0.2) is 0 Å². The maximum Gasteiger partial charge on any atom is -0.147 e. The van der Waals surface area contributed by atoms with Crippen LogP contribution >= 0.6 is 37.2 Å². The second-order valence-electron chi connectivity index (χ2n) is 0.418. The van der Waals surface area contributed by atoms with Crippen LogP contribution in [0.2, 0.25) is 0 Å². The number of halogens is 3. The standard InChI is InChI=1S/C2H5O.3ClH.V/c1-2-3;;;;/h2H2,1H3;3*1H;/q-1;;;;+1. The number of hydrogen-bond acceptors (Lipinski definition) is 1. The average molecular weight is 205 g/mol. The van der Waals surface area contributed by atoms with Crippen molar-refractivity contribution in [3.63, 3.8) is 0 Å². The van der Waals surface area contributed by atoms with Crippen LogP contribution < -0.4 is 0 Å². The molecule has 0 atom stereocenters. The van der Waals surface area contributed by atoms with Gasteiger partial charge in [-0.3, -0.25) is 0 Å². The van der Waals surface area contributed by atoms with Gasteiger partial charge >= 0.3 is 35.0 Å². The molecule has 7 heavy (non-hydrogen) atoms. The van der Waals surface area contributed by atoms with Crippen LogP contribution in [0, 0.1) is 0 Å². The van der Waals surface area contributed by atoms with E-state index >= 15 is 0 Å². The fourth-order valence-electron chi connectivity index (χ4n) is 0. The Bertz CT molecular complexity index is 14.9. The van der Waals surface area contributed by atoms with Crippen molar-refractivity contribution in [2.24, 2.45) is 0 Å². The SMILES string of the molecule is CC[O][V].Cl.Cl.Cl. The summed E-state index contributed by atoms with van der Waals surface area (Å²) in [5.41, 5.74) is 0. The molecule has 0 aliphatic heterocycles. The van der Waals surface area contributed by atoms with E-state index in [1.54, 1.807) is 0 Å². The fourth-order valence-corrected chi connectivity index (χ4v) is 0. The number of hydrogen-bond donors (Lipinski definition) is 0. The van der Waals surface area contributed by atoms with Crippen molar-refractivity contribution >= 4 is 37.2 Å². The van der Waals surface area contributed by atoms with Crippen LogP contribution in [-0.4, -0.2) is 6.61 Å². The summed E-state index contributed by atoms with van der Waals surface area (Å²) in [5, 5.41) is 0. The maximum atomic E-state index is 4.48. The summed E-state index contributed by atoms with van der Waals surface area (Å²) in [5.74, 6) is 0. The van der Waals surface area contributed by atoms with Crippen LogP contribution in [0.1, 0.15) is 6.92 Å². The van der Waals surface area contributed by atoms with Crippen LogP contribution in [0.5, 0.6) is 0 Å². The first-order chi connectivity index (χ1) is 1.91. The van der Waals surface area contributed by atoms with E-state index < -0.39 is 0 Å². The van der Waals surface area contributed by atoms with Gasteiger partial charge in [0.2, 0.25) is 0 Å². The minimum Gasteiger partial charge on any atom is -0.147 e. The van der Waals surface area contributed by atoms with Crippen LogP contribution in [0.25, 0.3) is 0 Å². The Balaban J connectivity index is -0.0000000150. The van der Waals surface area contributed by atoms with Crippen molar-refractivity contribution in [2.45, 2.75) is 6.92 Å².